The highest BCUT2D eigenvalue weighted by Crippen LogP contribution is 2.67. The van der Waals surface area contributed by atoms with E-state index in [4.69, 9.17) is 0 Å². The fourth-order valence-corrected chi connectivity index (χ4v) is 5.86. The molecule has 118 valence electrons. The predicted octanol–water partition coefficient (Wildman–Crippen LogP) is 3.00. The van der Waals surface area contributed by atoms with Gasteiger partial charge >= 0.3 is 0 Å². The van der Waals surface area contributed by atoms with E-state index in [2.05, 4.69) is 31.0 Å². The molecule has 6 atom stereocenters. The maximum absolute atomic E-state index is 12.9. The van der Waals surface area contributed by atoms with Crippen molar-refractivity contribution in [2.75, 3.05) is 0 Å². The number of nitrogens with zero attached hydrogens (tertiary/aromatic N) is 1. The Kier molecular flexibility index (Phi) is 3.33. The molecule has 3 nitrogen and oxygen atoms in total. The van der Waals surface area contributed by atoms with Crippen molar-refractivity contribution < 1.29 is 4.79 Å². The molecule has 0 aromatic heterocycles. The molecule has 0 radical (unpaired) electrons. The minimum Gasteiger partial charge on any atom is -0.322 e. The number of nitrogens with one attached hydrogen (secondary N) is 1. The average Bonchev–Trinajstić information content (AvgIpc) is 2.75. The molecule has 21 heavy (non-hydrogen) atoms. The second kappa shape index (κ2) is 4.97. The Morgan fingerprint density at radius 2 is 1.90 bits per heavy atom. The summed E-state index contributed by atoms with van der Waals surface area (Å²) in [5, 5.41) is 3.66. The summed E-state index contributed by atoms with van der Waals surface area (Å²) in [4.78, 5) is 15.3. The lowest BCUT2D eigenvalue weighted by Crippen LogP contribution is -2.41. The summed E-state index contributed by atoms with van der Waals surface area (Å²) in [6, 6.07) is 0.686. The Labute approximate surface area is 128 Å². The molecule has 1 N–H and O–H groups in total. The van der Waals surface area contributed by atoms with Gasteiger partial charge in [-0.05, 0) is 61.7 Å². The Bertz CT molecular complexity index is 419. The van der Waals surface area contributed by atoms with E-state index < -0.39 is 0 Å². The van der Waals surface area contributed by atoms with E-state index in [9.17, 15) is 4.79 Å². The van der Waals surface area contributed by atoms with Crippen LogP contribution in [-0.2, 0) is 4.79 Å². The lowest BCUT2D eigenvalue weighted by atomic mass is 10.0. The summed E-state index contributed by atoms with van der Waals surface area (Å²) in [7, 11) is 0. The molecular weight excluding hydrogens is 260 g/mol. The summed E-state index contributed by atoms with van der Waals surface area (Å²) in [6.45, 7) is 6.68. The van der Waals surface area contributed by atoms with Crippen molar-refractivity contribution in [2.45, 2.75) is 77.5 Å². The maximum atomic E-state index is 12.9. The third kappa shape index (κ3) is 2.07. The van der Waals surface area contributed by atoms with Gasteiger partial charge in [-0.2, -0.15) is 0 Å². The molecule has 1 heterocycles. The molecule has 1 aliphatic heterocycles. The van der Waals surface area contributed by atoms with Gasteiger partial charge in [0.15, 0.2) is 0 Å². The van der Waals surface area contributed by atoms with Crippen LogP contribution in [0.3, 0.4) is 0 Å². The molecule has 0 aromatic carbocycles. The Morgan fingerprint density at radius 3 is 2.48 bits per heavy atom. The van der Waals surface area contributed by atoms with Gasteiger partial charge in [0, 0.05) is 6.04 Å². The van der Waals surface area contributed by atoms with Crippen LogP contribution in [0.2, 0.25) is 0 Å². The van der Waals surface area contributed by atoms with Gasteiger partial charge in [-0.1, -0.05) is 27.2 Å². The van der Waals surface area contributed by atoms with Crippen molar-refractivity contribution in [2.24, 2.45) is 29.6 Å². The quantitative estimate of drug-likeness (QED) is 0.844. The third-order valence-electron chi connectivity index (χ3n) is 6.57. The van der Waals surface area contributed by atoms with Gasteiger partial charge in [0.05, 0.1) is 12.2 Å². The van der Waals surface area contributed by atoms with Crippen LogP contribution in [0.1, 0.15) is 59.3 Å². The van der Waals surface area contributed by atoms with Crippen LogP contribution in [-0.4, -0.2) is 29.1 Å². The lowest BCUT2D eigenvalue weighted by molar-refractivity contribution is -0.131. The van der Waals surface area contributed by atoms with Crippen LogP contribution in [0.25, 0.3) is 0 Å². The highest BCUT2D eigenvalue weighted by atomic mass is 16.2. The van der Waals surface area contributed by atoms with Crippen LogP contribution >= 0.6 is 0 Å². The molecule has 2 bridgehead atoms. The second-order valence-electron chi connectivity index (χ2n) is 8.38. The van der Waals surface area contributed by atoms with Crippen LogP contribution < -0.4 is 5.32 Å². The Hall–Kier alpha value is -0.570. The number of amides is 1. The monoisotopic (exact) mass is 290 g/mol. The van der Waals surface area contributed by atoms with Crippen LogP contribution in [0.5, 0.6) is 0 Å². The number of carbonyl (C=O) groups is 1. The molecule has 3 aliphatic carbocycles. The Morgan fingerprint density at radius 1 is 1.24 bits per heavy atom. The molecule has 4 aliphatic rings. The van der Waals surface area contributed by atoms with Crippen molar-refractivity contribution in [1.29, 1.82) is 0 Å². The predicted molar refractivity (Wildman–Crippen MR) is 83.5 cm³/mol. The first-order valence-corrected chi connectivity index (χ1v) is 9.20. The van der Waals surface area contributed by atoms with E-state index >= 15 is 0 Å². The zero-order chi connectivity index (χ0) is 14.7. The SMILES string of the molecule is CCCC1NC(CC(C)C)C(=O)N1C1C2C3CCC(C3)C21. The third-order valence-corrected chi connectivity index (χ3v) is 6.57. The van der Waals surface area contributed by atoms with E-state index in [1.165, 1.54) is 19.3 Å². The molecule has 4 fully saturated rings. The smallest absolute Gasteiger partial charge is 0.241 e. The first kappa shape index (κ1) is 14.0. The standard InChI is InChI=1S/C18H30N2O/c1-4-5-14-19-13(8-10(2)3)18(21)20(14)17-15-11-6-7-12(9-11)16(15)17/h10-17,19H,4-9H2,1-3H3. The number of rotatable bonds is 5. The van der Waals surface area contributed by atoms with Crippen LogP contribution in [0, 0.1) is 29.6 Å². The molecule has 1 amide bonds. The largest absolute Gasteiger partial charge is 0.322 e. The van der Waals surface area contributed by atoms with E-state index in [0.29, 0.717) is 24.0 Å². The molecule has 4 rings (SSSR count). The van der Waals surface area contributed by atoms with Crippen LogP contribution in [0.15, 0.2) is 0 Å². The summed E-state index contributed by atoms with van der Waals surface area (Å²) in [5.74, 6) is 4.64. The number of carbonyl (C=O) groups excluding carboxylic acids is 1. The fraction of sp³-hybridized carbons (Fsp3) is 0.944. The van der Waals surface area contributed by atoms with Gasteiger partial charge in [0.25, 0.3) is 0 Å². The summed E-state index contributed by atoms with van der Waals surface area (Å²) >= 11 is 0. The summed E-state index contributed by atoms with van der Waals surface area (Å²) < 4.78 is 0. The van der Waals surface area contributed by atoms with Crippen molar-refractivity contribution in [3.8, 4) is 0 Å². The lowest BCUT2D eigenvalue weighted by Gasteiger charge is -2.27. The highest BCUT2D eigenvalue weighted by molar-refractivity contribution is 5.85. The maximum Gasteiger partial charge on any atom is 0.241 e. The van der Waals surface area contributed by atoms with Crippen molar-refractivity contribution in [3.05, 3.63) is 0 Å². The van der Waals surface area contributed by atoms with Crippen molar-refractivity contribution in [3.63, 3.8) is 0 Å². The molecule has 3 heteroatoms. The minimum absolute atomic E-state index is 0.0838. The van der Waals surface area contributed by atoms with Gasteiger partial charge < -0.3 is 4.90 Å². The molecule has 6 unspecified atom stereocenters. The first-order valence-electron chi connectivity index (χ1n) is 9.20. The van der Waals surface area contributed by atoms with Gasteiger partial charge in [-0.25, -0.2) is 0 Å². The second-order valence-corrected chi connectivity index (χ2v) is 8.38. The topological polar surface area (TPSA) is 32.3 Å². The summed E-state index contributed by atoms with van der Waals surface area (Å²) in [5.41, 5.74) is 0. The average molecular weight is 290 g/mol. The van der Waals surface area contributed by atoms with E-state index in [0.717, 1.165) is 42.9 Å². The first-order chi connectivity index (χ1) is 10.1. The number of hydrogen-bond donors (Lipinski definition) is 1. The highest BCUT2D eigenvalue weighted by Gasteiger charge is 2.69. The molecule has 1 saturated heterocycles. The van der Waals surface area contributed by atoms with Crippen molar-refractivity contribution in [1.82, 2.24) is 10.2 Å². The van der Waals surface area contributed by atoms with E-state index in [-0.39, 0.29) is 6.04 Å². The fourth-order valence-electron chi connectivity index (χ4n) is 5.86. The zero-order valence-corrected chi connectivity index (χ0v) is 13.7. The van der Waals surface area contributed by atoms with Crippen LogP contribution in [0.4, 0.5) is 0 Å². The molecule has 3 saturated carbocycles. The molecule has 0 aromatic rings. The minimum atomic E-state index is 0.0838. The van der Waals surface area contributed by atoms with Gasteiger partial charge in [-0.15, -0.1) is 0 Å². The Balaban J connectivity index is 1.51. The normalized spacial score (nSPS) is 47.5. The van der Waals surface area contributed by atoms with E-state index in [1.807, 2.05) is 0 Å². The number of hydrogen-bond acceptors (Lipinski definition) is 2. The van der Waals surface area contributed by atoms with Crippen molar-refractivity contribution >= 4 is 5.91 Å². The van der Waals surface area contributed by atoms with Gasteiger partial charge in [0.2, 0.25) is 5.91 Å². The molecular formula is C18H30N2O. The van der Waals surface area contributed by atoms with Gasteiger partial charge in [-0.3, -0.25) is 10.1 Å². The zero-order valence-electron chi connectivity index (χ0n) is 13.7. The molecule has 0 spiro atoms. The van der Waals surface area contributed by atoms with E-state index in [1.54, 1.807) is 0 Å². The number of fused-ring (bicyclic) bond motifs is 5. The van der Waals surface area contributed by atoms with Gasteiger partial charge in [0.1, 0.15) is 0 Å². The summed E-state index contributed by atoms with van der Waals surface area (Å²) in [6.07, 6.45) is 7.93.